The number of hydrogen-bond donors (Lipinski definition) is 1. The highest BCUT2D eigenvalue weighted by Gasteiger charge is 2.29. The van der Waals surface area contributed by atoms with Gasteiger partial charge in [-0.3, -0.25) is 9.59 Å². The van der Waals surface area contributed by atoms with Crippen molar-refractivity contribution in [2.24, 2.45) is 17.8 Å². The van der Waals surface area contributed by atoms with Crippen LogP contribution in [0.3, 0.4) is 0 Å². The molecule has 1 aliphatic heterocycles. The van der Waals surface area contributed by atoms with E-state index in [1.807, 2.05) is 0 Å². The van der Waals surface area contributed by atoms with E-state index >= 15 is 0 Å². The number of carbonyl (C=O) groups is 2. The van der Waals surface area contributed by atoms with Gasteiger partial charge in [-0.05, 0) is 18.8 Å². The van der Waals surface area contributed by atoms with Crippen LogP contribution in [0.25, 0.3) is 0 Å². The third-order valence-electron chi connectivity index (χ3n) is 3.69. The molecule has 0 aromatic carbocycles. The van der Waals surface area contributed by atoms with Gasteiger partial charge in [0.05, 0.1) is 12.5 Å². The topological polar surface area (TPSA) is 66.8 Å². The van der Waals surface area contributed by atoms with Gasteiger partial charge in [0.25, 0.3) is 0 Å². The van der Waals surface area contributed by atoms with E-state index in [1.165, 1.54) is 0 Å². The summed E-state index contributed by atoms with van der Waals surface area (Å²) in [7, 11) is 1.74. The first-order valence-corrected chi connectivity index (χ1v) is 6.49. The largest absolute Gasteiger partial charge is 0.481 e. The summed E-state index contributed by atoms with van der Waals surface area (Å²) in [6, 6.07) is 0. The van der Waals surface area contributed by atoms with Crippen molar-refractivity contribution in [2.45, 2.75) is 26.7 Å². The third-order valence-corrected chi connectivity index (χ3v) is 3.69. The second-order valence-corrected chi connectivity index (χ2v) is 5.22. The van der Waals surface area contributed by atoms with Crippen molar-refractivity contribution >= 4 is 11.9 Å². The minimum Gasteiger partial charge on any atom is -0.481 e. The molecule has 0 saturated carbocycles. The number of hydrogen-bond acceptors (Lipinski definition) is 3. The molecule has 0 radical (unpaired) electrons. The molecule has 1 aliphatic rings. The highest BCUT2D eigenvalue weighted by molar-refractivity contribution is 5.84. The second-order valence-electron chi connectivity index (χ2n) is 5.22. The smallest absolute Gasteiger partial charge is 0.307 e. The molecule has 0 aromatic rings. The van der Waals surface area contributed by atoms with E-state index < -0.39 is 17.8 Å². The monoisotopic (exact) mass is 257 g/mol. The molecule has 1 heterocycles. The number of rotatable bonds is 5. The van der Waals surface area contributed by atoms with Crippen LogP contribution in [0.5, 0.6) is 0 Å². The molecule has 18 heavy (non-hydrogen) atoms. The Bertz CT molecular complexity index is 299. The lowest BCUT2D eigenvalue weighted by atomic mass is 9.94. The Morgan fingerprint density at radius 3 is 2.56 bits per heavy atom. The Morgan fingerprint density at radius 2 is 2.06 bits per heavy atom. The lowest BCUT2D eigenvalue weighted by Gasteiger charge is -2.29. The maximum absolute atomic E-state index is 12.1. The maximum atomic E-state index is 12.1. The number of ether oxygens (including phenoxy) is 1. The van der Waals surface area contributed by atoms with Gasteiger partial charge >= 0.3 is 5.97 Å². The van der Waals surface area contributed by atoms with Crippen LogP contribution in [0.2, 0.25) is 0 Å². The highest BCUT2D eigenvalue weighted by Crippen LogP contribution is 2.18. The summed E-state index contributed by atoms with van der Waals surface area (Å²) in [6.07, 6.45) is 2.11. The molecule has 0 spiro atoms. The number of carboxylic acid groups (broad SMARTS) is 1. The third kappa shape index (κ3) is 3.98. The fourth-order valence-corrected chi connectivity index (χ4v) is 2.20. The van der Waals surface area contributed by atoms with Crippen LogP contribution in [0.15, 0.2) is 0 Å². The predicted molar refractivity (Wildman–Crippen MR) is 67.1 cm³/mol. The molecular weight excluding hydrogens is 234 g/mol. The fraction of sp³-hybridized carbons (Fsp3) is 0.846. The zero-order valence-electron chi connectivity index (χ0n) is 11.4. The minimum absolute atomic E-state index is 0.101. The van der Waals surface area contributed by atoms with Crippen molar-refractivity contribution in [1.29, 1.82) is 0 Å². The lowest BCUT2D eigenvalue weighted by Crippen LogP contribution is -2.40. The summed E-state index contributed by atoms with van der Waals surface area (Å²) in [5, 5.41) is 8.91. The van der Waals surface area contributed by atoms with Gasteiger partial charge in [-0.15, -0.1) is 0 Å². The van der Waals surface area contributed by atoms with Gasteiger partial charge in [-0.1, -0.05) is 13.8 Å². The Morgan fingerprint density at radius 1 is 1.39 bits per heavy atom. The number of nitrogens with zero attached hydrogens (tertiary/aromatic N) is 1. The molecule has 3 unspecified atom stereocenters. The first-order valence-electron chi connectivity index (χ1n) is 6.49. The van der Waals surface area contributed by atoms with Crippen LogP contribution in [-0.4, -0.2) is 48.7 Å². The predicted octanol–water partition coefficient (Wildman–Crippen LogP) is 1.23. The summed E-state index contributed by atoms with van der Waals surface area (Å²) in [6.45, 7) is 5.40. The van der Waals surface area contributed by atoms with E-state index in [-0.39, 0.29) is 5.91 Å². The standard InChI is InChI=1S/C13H23NO4/c1-9(10(2)13(16)17)12(15)14(3)7-11-5-4-6-18-8-11/h9-11H,4-8H2,1-3H3,(H,16,17). The number of aliphatic carboxylic acids is 1. The van der Waals surface area contributed by atoms with Crippen molar-refractivity contribution in [3.05, 3.63) is 0 Å². The number of carboxylic acids is 1. The molecule has 0 bridgehead atoms. The molecule has 1 N–H and O–H groups in total. The molecule has 0 aromatic heterocycles. The van der Waals surface area contributed by atoms with Crippen LogP contribution >= 0.6 is 0 Å². The van der Waals surface area contributed by atoms with E-state index in [9.17, 15) is 9.59 Å². The van der Waals surface area contributed by atoms with E-state index in [4.69, 9.17) is 9.84 Å². The van der Waals surface area contributed by atoms with Gasteiger partial charge in [-0.25, -0.2) is 0 Å². The van der Waals surface area contributed by atoms with E-state index in [2.05, 4.69) is 0 Å². The summed E-state index contributed by atoms with van der Waals surface area (Å²) in [5.74, 6) is -1.79. The van der Waals surface area contributed by atoms with Crippen LogP contribution in [0, 0.1) is 17.8 Å². The molecule has 1 rings (SSSR count). The molecular formula is C13H23NO4. The first-order chi connectivity index (χ1) is 8.43. The Hall–Kier alpha value is -1.10. The fourth-order valence-electron chi connectivity index (χ4n) is 2.20. The minimum atomic E-state index is -0.926. The van der Waals surface area contributed by atoms with Gasteiger partial charge in [0, 0.05) is 26.1 Å². The SMILES string of the molecule is CC(C(=O)O)C(C)C(=O)N(C)CC1CCCOC1. The van der Waals surface area contributed by atoms with E-state index in [0.717, 1.165) is 19.4 Å². The van der Waals surface area contributed by atoms with E-state index in [1.54, 1.807) is 25.8 Å². The van der Waals surface area contributed by atoms with Crippen LogP contribution in [-0.2, 0) is 14.3 Å². The zero-order valence-corrected chi connectivity index (χ0v) is 11.4. The Balaban J connectivity index is 2.46. The highest BCUT2D eigenvalue weighted by atomic mass is 16.5. The summed E-state index contributed by atoms with van der Waals surface area (Å²) < 4.78 is 5.38. The van der Waals surface area contributed by atoms with Gasteiger partial charge in [0.2, 0.25) is 5.91 Å². The van der Waals surface area contributed by atoms with Gasteiger partial charge in [-0.2, -0.15) is 0 Å². The Labute approximate surface area is 108 Å². The summed E-state index contributed by atoms with van der Waals surface area (Å²) >= 11 is 0. The van der Waals surface area contributed by atoms with Crippen LogP contribution in [0.1, 0.15) is 26.7 Å². The van der Waals surface area contributed by atoms with Crippen molar-refractivity contribution < 1.29 is 19.4 Å². The molecule has 104 valence electrons. The van der Waals surface area contributed by atoms with Gasteiger partial charge < -0.3 is 14.7 Å². The average molecular weight is 257 g/mol. The first kappa shape index (κ1) is 15.0. The van der Waals surface area contributed by atoms with Crippen molar-refractivity contribution in [3.63, 3.8) is 0 Å². The normalized spacial score (nSPS) is 23.2. The quantitative estimate of drug-likeness (QED) is 0.804. The number of amides is 1. The molecule has 0 aliphatic carbocycles. The van der Waals surface area contributed by atoms with Crippen LogP contribution in [0.4, 0.5) is 0 Å². The molecule has 5 nitrogen and oxygen atoms in total. The van der Waals surface area contributed by atoms with Crippen molar-refractivity contribution in [2.75, 3.05) is 26.8 Å². The zero-order chi connectivity index (χ0) is 13.7. The van der Waals surface area contributed by atoms with Crippen molar-refractivity contribution in [3.8, 4) is 0 Å². The molecule has 5 heteroatoms. The molecule has 1 saturated heterocycles. The number of carbonyl (C=O) groups excluding carboxylic acids is 1. The summed E-state index contributed by atoms with van der Waals surface area (Å²) in [4.78, 5) is 24.6. The van der Waals surface area contributed by atoms with E-state index in [0.29, 0.717) is 19.1 Å². The summed E-state index contributed by atoms with van der Waals surface area (Å²) in [5.41, 5.74) is 0. The molecule has 1 fully saturated rings. The van der Waals surface area contributed by atoms with Crippen LogP contribution < -0.4 is 0 Å². The van der Waals surface area contributed by atoms with Crippen molar-refractivity contribution in [1.82, 2.24) is 4.90 Å². The molecule has 3 atom stereocenters. The second kappa shape index (κ2) is 6.73. The van der Waals surface area contributed by atoms with Gasteiger partial charge in [0.1, 0.15) is 0 Å². The maximum Gasteiger partial charge on any atom is 0.307 e. The Kier molecular flexibility index (Phi) is 5.59. The van der Waals surface area contributed by atoms with Gasteiger partial charge in [0.15, 0.2) is 0 Å². The molecule has 1 amide bonds. The lowest BCUT2D eigenvalue weighted by molar-refractivity contribution is -0.149. The average Bonchev–Trinajstić information content (AvgIpc) is 2.37.